The fourth-order valence-electron chi connectivity index (χ4n) is 4.32. The highest BCUT2D eigenvalue weighted by molar-refractivity contribution is 5.91. The summed E-state index contributed by atoms with van der Waals surface area (Å²) in [5, 5.41) is 7.98. The zero-order valence-electron chi connectivity index (χ0n) is 22.1. The molecule has 4 atom stereocenters. The zero-order valence-corrected chi connectivity index (χ0v) is 22.1. The lowest BCUT2D eigenvalue weighted by Crippen LogP contribution is -2.41. The first-order chi connectivity index (χ1) is 20.0. The highest BCUT2D eigenvalue weighted by Crippen LogP contribution is 2.37. The van der Waals surface area contributed by atoms with Crippen LogP contribution in [0.15, 0.2) is 97.2 Å². The number of carbonyl (C=O) groups is 3. The Morgan fingerprint density at radius 2 is 1.27 bits per heavy atom. The van der Waals surface area contributed by atoms with Crippen LogP contribution in [-0.4, -0.2) is 64.4 Å². The fraction of sp³-hybridized carbons (Fsp3) is 0.233. The maximum Gasteiger partial charge on any atom is 0.338 e. The Morgan fingerprint density at radius 1 is 0.756 bits per heavy atom. The fourth-order valence-corrected chi connectivity index (χ4v) is 4.32. The normalized spacial score (nSPS) is 19.7. The second-order valence-electron chi connectivity index (χ2n) is 8.95. The lowest BCUT2D eigenvalue weighted by Gasteiger charge is -2.24. The Bertz CT molecular complexity index is 1460. The molecule has 0 unspecified atom stereocenters. The first kappa shape index (κ1) is 27.5. The van der Waals surface area contributed by atoms with E-state index >= 15 is 0 Å². The molecular weight excluding hydrogens is 530 g/mol. The molecule has 3 aromatic carbocycles. The van der Waals surface area contributed by atoms with Gasteiger partial charge in [0.05, 0.1) is 23.3 Å². The Hall–Kier alpha value is -5.03. The summed E-state index contributed by atoms with van der Waals surface area (Å²) in [6, 6.07) is 25.1. The van der Waals surface area contributed by atoms with Crippen molar-refractivity contribution in [3.8, 4) is 5.88 Å². The number of ether oxygens (including phenoxy) is 5. The van der Waals surface area contributed by atoms with E-state index in [1.54, 1.807) is 97.9 Å². The minimum absolute atomic E-state index is 0.244. The topological polar surface area (TPSA) is 128 Å². The molecule has 41 heavy (non-hydrogen) atoms. The predicted molar refractivity (Wildman–Crippen MR) is 143 cm³/mol. The lowest BCUT2D eigenvalue weighted by molar-refractivity contribution is -0.0706. The molecule has 1 aliphatic heterocycles. The molecule has 0 radical (unpaired) electrons. The van der Waals surface area contributed by atoms with Gasteiger partial charge in [-0.3, -0.25) is 0 Å². The SMILES string of the molecule is CCOc1cnnn1[C@@H]1O[C@H](COC(=O)c2ccccc2)[C@@H](OC(=O)c2ccccc2)[C@H]1OC(=O)c1ccccc1. The van der Waals surface area contributed by atoms with Gasteiger partial charge in [-0.2, -0.15) is 4.68 Å². The number of rotatable bonds is 10. The van der Waals surface area contributed by atoms with Crippen LogP contribution in [0.1, 0.15) is 44.2 Å². The van der Waals surface area contributed by atoms with Gasteiger partial charge in [0.15, 0.2) is 18.4 Å². The Labute approximate surface area is 235 Å². The van der Waals surface area contributed by atoms with Crippen LogP contribution >= 0.6 is 0 Å². The van der Waals surface area contributed by atoms with Crippen LogP contribution in [0.4, 0.5) is 0 Å². The van der Waals surface area contributed by atoms with E-state index in [0.717, 1.165) is 0 Å². The summed E-state index contributed by atoms with van der Waals surface area (Å²) in [6.45, 7) is 1.78. The van der Waals surface area contributed by atoms with Gasteiger partial charge >= 0.3 is 17.9 Å². The Morgan fingerprint density at radius 3 is 1.80 bits per heavy atom. The Balaban J connectivity index is 1.47. The van der Waals surface area contributed by atoms with Gasteiger partial charge in [0.1, 0.15) is 18.9 Å². The van der Waals surface area contributed by atoms with Crippen LogP contribution in [0.3, 0.4) is 0 Å². The molecule has 0 N–H and O–H groups in total. The zero-order chi connectivity index (χ0) is 28.6. The highest BCUT2D eigenvalue weighted by atomic mass is 16.7. The number of hydrogen-bond donors (Lipinski definition) is 0. The molecule has 0 saturated carbocycles. The van der Waals surface area contributed by atoms with E-state index in [9.17, 15) is 14.4 Å². The highest BCUT2D eigenvalue weighted by Gasteiger charge is 2.52. The Kier molecular flexibility index (Phi) is 8.65. The standard InChI is InChI=1S/C30H27N3O8/c1-2-37-24-18-31-32-33(24)27-26(41-30(36)22-16-10-5-11-17-22)25(40-29(35)21-14-8-4-9-15-21)23(39-27)19-38-28(34)20-12-6-3-7-13-20/h3-18,23,25-27H,2,19H2,1H3/t23-,25-,26-,27-/m1/s1. The van der Waals surface area contributed by atoms with E-state index in [4.69, 9.17) is 23.7 Å². The van der Waals surface area contributed by atoms with Crippen molar-refractivity contribution in [2.24, 2.45) is 0 Å². The summed E-state index contributed by atoms with van der Waals surface area (Å²) in [5.41, 5.74) is 0.892. The molecular formula is C30H27N3O8. The summed E-state index contributed by atoms with van der Waals surface area (Å²) < 4.78 is 30.5. The summed E-state index contributed by atoms with van der Waals surface area (Å²) in [5.74, 6) is -1.71. The number of nitrogens with zero attached hydrogens (tertiary/aromatic N) is 3. The van der Waals surface area contributed by atoms with Crippen molar-refractivity contribution in [2.45, 2.75) is 31.5 Å². The van der Waals surface area contributed by atoms with Crippen LogP contribution in [-0.2, 0) is 18.9 Å². The monoisotopic (exact) mass is 557 g/mol. The summed E-state index contributed by atoms with van der Waals surface area (Å²) in [7, 11) is 0. The van der Waals surface area contributed by atoms with Crippen LogP contribution in [0.5, 0.6) is 5.88 Å². The van der Waals surface area contributed by atoms with E-state index in [1.165, 1.54) is 10.9 Å². The summed E-state index contributed by atoms with van der Waals surface area (Å²) in [4.78, 5) is 39.1. The maximum atomic E-state index is 13.2. The van der Waals surface area contributed by atoms with Crippen molar-refractivity contribution >= 4 is 17.9 Å². The quantitative estimate of drug-likeness (QED) is 0.209. The molecule has 1 aromatic heterocycles. The van der Waals surface area contributed by atoms with Crippen molar-refractivity contribution in [3.63, 3.8) is 0 Å². The lowest BCUT2D eigenvalue weighted by atomic mass is 10.1. The first-order valence-electron chi connectivity index (χ1n) is 13.0. The maximum absolute atomic E-state index is 13.2. The molecule has 11 nitrogen and oxygen atoms in total. The largest absolute Gasteiger partial charge is 0.477 e. The minimum Gasteiger partial charge on any atom is -0.477 e. The average molecular weight is 558 g/mol. The number of carbonyl (C=O) groups excluding carboxylic acids is 3. The number of esters is 3. The third-order valence-electron chi connectivity index (χ3n) is 6.25. The second kappa shape index (κ2) is 12.9. The van der Waals surface area contributed by atoms with Gasteiger partial charge in [0.25, 0.3) is 0 Å². The van der Waals surface area contributed by atoms with Crippen LogP contribution in [0, 0.1) is 0 Å². The van der Waals surface area contributed by atoms with Crippen molar-refractivity contribution in [3.05, 3.63) is 114 Å². The van der Waals surface area contributed by atoms with Gasteiger partial charge in [0.2, 0.25) is 5.88 Å². The molecule has 1 aliphatic rings. The van der Waals surface area contributed by atoms with Gasteiger partial charge in [-0.15, -0.1) is 5.10 Å². The first-order valence-corrected chi connectivity index (χ1v) is 13.0. The van der Waals surface area contributed by atoms with Crippen molar-refractivity contribution in [1.82, 2.24) is 15.0 Å². The van der Waals surface area contributed by atoms with Crippen LogP contribution in [0.2, 0.25) is 0 Å². The second-order valence-corrected chi connectivity index (χ2v) is 8.95. The summed E-state index contributed by atoms with van der Waals surface area (Å²) >= 11 is 0. The molecule has 210 valence electrons. The van der Waals surface area contributed by atoms with Crippen molar-refractivity contribution in [2.75, 3.05) is 13.2 Å². The van der Waals surface area contributed by atoms with Gasteiger partial charge in [0, 0.05) is 0 Å². The molecule has 2 heterocycles. The molecule has 0 bridgehead atoms. The molecule has 4 aromatic rings. The number of hydrogen-bond acceptors (Lipinski definition) is 10. The van der Waals surface area contributed by atoms with E-state index in [2.05, 4.69) is 10.3 Å². The van der Waals surface area contributed by atoms with E-state index in [1.807, 2.05) is 0 Å². The molecule has 0 amide bonds. The van der Waals surface area contributed by atoms with Crippen LogP contribution < -0.4 is 4.74 Å². The van der Waals surface area contributed by atoms with Gasteiger partial charge in [-0.25, -0.2) is 14.4 Å². The molecule has 1 saturated heterocycles. The van der Waals surface area contributed by atoms with E-state index in [0.29, 0.717) is 12.2 Å². The molecule has 1 fully saturated rings. The minimum atomic E-state index is -1.21. The number of aromatic nitrogens is 3. The number of benzene rings is 3. The van der Waals surface area contributed by atoms with Crippen LogP contribution in [0.25, 0.3) is 0 Å². The molecule has 0 aliphatic carbocycles. The smallest absolute Gasteiger partial charge is 0.338 e. The third-order valence-corrected chi connectivity index (χ3v) is 6.25. The van der Waals surface area contributed by atoms with Crippen molar-refractivity contribution in [1.29, 1.82) is 0 Å². The van der Waals surface area contributed by atoms with E-state index < -0.39 is 42.4 Å². The van der Waals surface area contributed by atoms with Gasteiger partial charge in [-0.1, -0.05) is 59.8 Å². The molecule has 0 spiro atoms. The van der Waals surface area contributed by atoms with Gasteiger partial charge < -0.3 is 23.7 Å². The summed E-state index contributed by atoms with van der Waals surface area (Å²) in [6.07, 6.45) is -3.18. The molecule has 11 heteroatoms. The van der Waals surface area contributed by atoms with Crippen molar-refractivity contribution < 1.29 is 38.1 Å². The van der Waals surface area contributed by atoms with Gasteiger partial charge in [-0.05, 0) is 43.3 Å². The third kappa shape index (κ3) is 6.42. The average Bonchev–Trinajstić information content (AvgIpc) is 3.61. The molecule has 5 rings (SSSR count). The van der Waals surface area contributed by atoms with E-state index in [-0.39, 0.29) is 23.6 Å². The predicted octanol–water partition coefficient (Wildman–Crippen LogP) is 3.88.